The Kier molecular flexibility index (Phi) is 5.01. The van der Waals surface area contributed by atoms with Crippen molar-refractivity contribution in [1.82, 2.24) is 14.9 Å². The van der Waals surface area contributed by atoms with Crippen molar-refractivity contribution in [3.63, 3.8) is 0 Å². The van der Waals surface area contributed by atoms with E-state index in [1.54, 1.807) is 6.20 Å². The molecule has 1 amide bonds. The van der Waals surface area contributed by atoms with Crippen molar-refractivity contribution in [2.24, 2.45) is 24.8 Å². The molecule has 0 saturated heterocycles. The molecule has 2 bridgehead atoms. The molecule has 5 atom stereocenters. The van der Waals surface area contributed by atoms with Gasteiger partial charge in [0.15, 0.2) is 5.16 Å². The molecule has 5 unspecified atom stereocenters. The van der Waals surface area contributed by atoms with Gasteiger partial charge in [0.05, 0.1) is 23.7 Å². The number of rotatable bonds is 6. The third-order valence-electron chi connectivity index (χ3n) is 5.66. The second-order valence-corrected chi connectivity index (χ2v) is 8.45. The van der Waals surface area contributed by atoms with Crippen LogP contribution in [0.4, 0.5) is 0 Å². The number of aromatic nitrogens is 2. The lowest BCUT2D eigenvalue weighted by molar-refractivity contribution is -0.121. The molecule has 5 nitrogen and oxygen atoms in total. The minimum atomic E-state index is -0.191. The first-order valence-corrected chi connectivity index (χ1v) is 9.46. The van der Waals surface area contributed by atoms with Crippen LogP contribution >= 0.6 is 11.8 Å². The number of carbonyl (C=O) groups excluding carboxylic acids is 1. The van der Waals surface area contributed by atoms with Crippen LogP contribution in [0.2, 0.25) is 0 Å². The van der Waals surface area contributed by atoms with Gasteiger partial charge in [-0.05, 0) is 50.9 Å². The maximum atomic E-state index is 12.5. The quantitative estimate of drug-likeness (QED) is 0.782. The molecule has 1 aromatic rings. The standard InChI is InChI=1S/C17H27N3O2S/c1-10(15-7-12-4-5-13(15)6-12)19-16(22)11(2)23-17-18-8-14(9-21)20(17)3/h8,10-13,15,21H,4-7,9H2,1-3H3,(H,19,22). The van der Waals surface area contributed by atoms with E-state index in [1.165, 1.54) is 37.4 Å². The molecule has 0 radical (unpaired) electrons. The highest BCUT2D eigenvalue weighted by Crippen LogP contribution is 2.49. The molecule has 2 aliphatic rings. The molecule has 0 spiro atoms. The Bertz CT molecular complexity index is 574. The molecule has 2 aliphatic carbocycles. The lowest BCUT2D eigenvalue weighted by atomic mass is 9.84. The van der Waals surface area contributed by atoms with Gasteiger partial charge in [-0.15, -0.1) is 0 Å². The van der Waals surface area contributed by atoms with Crippen molar-refractivity contribution in [3.8, 4) is 0 Å². The Morgan fingerprint density at radius 2 is 2.26 bits per heavy atom. The molecule has 2 saturated carbocycles. The zero-order valence-electron chi connectivity index (χ0n) is 14.2. The Hall–Kier alpha value is -1.01. The monoisotopic (exact) mass is 337 g/mol. The summed E-state index contributed by atoms with van der Waals surface area (Å²) < 4.78 is 1.84. The highest BCUT2D eigenvalue weighted by atomic mass is 32.2. The number of hydrogen-bond acceptors (Lipinski definition) is 4. The van der Waals surface area contributed by atoms with Crippen LogP contribution in [0, 0.1) is 17.8 Å². The SMILES string of the molecule is CC(Sc1ncc(CO)n1C)C(=O)NC(C)C1CC2CCC1C2. The van der Waals surface area contributed by atoms with Gasteiger partial charge in [0.25, 0.3) is 0 Å². The highest BCUT2D eigenvalue weighted by Gasteiger charge is 2.42. The number of fused-ring (bicyclic) bond motifs is 2. The Morgan fingerprint density at radius 3 is 2.83 bits per heavy atom. The smallest absolute Gasteiger partial charge is 0.233 e. The number of nitrogens with one attached hydrogen (secondary N) is 1. The first-order chi connectivity index (χ1) is 11.0. The molecule has 0 aromatic carbocycles. The molecule has 1 aromatic heterocycles. The molecule has 2 N–H and O–H groups in total. The normalized spacial score (nSPS) is 28.8. The fourth-order valence-corrected chi connectivity index (χ4v) is 5.13. The number of amides is 1. The average molecular weight is 337 g/mol. The predicted octanol–water partition coefficient (Wildman–Crippen LogP) is 2.33. The van der Waals surface area contributed by atoms with Gasteiger partial charge in [-0.1, -0.05) is 18.2 Å². The van der Waals surface area contributed by atoms with E-state index in [2.05, 4.69) is 17.2 Å². The Labute approximate surface area is 142 Å². The predicted molar refractivity (Wildman–Crippen MR) is 91.0 cm³/mol. The van der Waals surface area contributed by atoms with E-state index in [0.29, 0.717) is 5.92 Å². The van der Waals surface area contributed by atoms with Gasteiger partial charge in [0, 0.05) is 13.1 Å². The van der Waals surface area contributed by atoms with E-state index in [9.17, 15) is 9.90 Å². The molecule has 23 heavy (non-hydrogen) atoms. The molecule has 128 valence electrons. The molecule has 6 heteroatoms. The zero-order valence-corrected chi connectivity index (χ0v) is 15.0. The highest BCUT2D eigenvalue weighted by molar-refractivity contribution is 8.00. The van der Waals surface area contributed by atoms with Gasteiger partial charge in [-0.25, -0.2) is 4.98 Å². The van der Waals surface area contributed by atoms with Crippen molar-refractivity contribution < 1.29 is 9.90 Å². The van der Waals surface area contributed by atoms with E-state index in [-0.39, 0.29) is 23.8 Å². The number of hydrogen-bond donors (Lipinski definition) is 2. The van der Waals surface area contributed by atoms with Gasteiger partial charge in [-0.2, -0.15) is 0 Å². The van der Waals surface area contributed by atoms with E-state index >= 15 is 0 Å². The third-order valence-corrected chi connectivity index (χ3v) is 6.82. The maximum absolute atomic E-state index is 12.5. The lowest BCUT2D eigenvalue weighted by Crippen LogP contribution is -2.43. The van der Waals surface area contributed by atoms with Gasteiger partial charge in [-0.3, -0.25) is 4.79 Å². The van der Waals surface area contributed by atoms with E-state index in [4.69, 9.17) is 0 Å². The van der Waals surface area contributed by atoms with Gasteiger partial charge in [0.2, 0.25) is 5.91 Å². The number of imidazole rings is 1. The number of aliphatic hydroxyl groups excluding tert-OH is 1. The molecule has 1 heterocycles. The number of aliphatic hydroxyl groups is 1. The molecular formula is C17H27N3O2S. The summed E-state index contributed by atoms with van der Waals surface area (Å²) in [5, 5.41) is 13.0. The molecule has 0 aliphatic heterocycles. The molecule has 2 fully saturated rings. The van der Waals surface area contributed by atoms with Crippen molar-refractivity contribution in [1.29, 1.82) is 0 Å². The van der Waals surface area contributed by atoms with Crippen LogP contribution in [0.5, 0.6) is 0 Å². The fourth-order valence-electron chi connectivity index (χ4n) is 4.25. The first kappa shape index (κ1) is 16.8. The summed E-state index contributed by atoms with van der Waals surface area (Å²) in [6.07, 6.45) is 7.04. The summed E-state index contributed by atoms with van der Waals surface area (Å²) in [5.74, 6) is 2.46. The van der Waals surface area contributed by atoms with Crippen LogP contribution in [0.25, 0.3) is 0 Å². The molecule has 3 rings (SSSR count). The van der Waals surface area contributed by atoms with Crippen molar-refractivity contribution in [3.05, 3.63) is 11.9 Å². The summed E-state index contributed by atoms with van der Waals surface area (Å²) in [4.78, 5) is 16.8. The summed E-state index contributed by atoms with van der Waals surface area (Å²) in [6.45, 7) is 4.04. The van der Waals surface area contributed by atoms with Gasteiger partial charge in [0.1, 0.15) is 0 Å². The second kappa shape index (κ2) is 6.85. The number of carbonyl (C=O) groups is 1. The minimum Gasteiger partial charge on any atom is -0.390 e. The van der Waals surface area contributed by atoms with Crippen molar-refractivity contribution >= 4 is 17.7 Å². The van der Waals surface area contributed by atoms with Crippen LogP contribution in [0.3, 0.4) is 0 Å². The van der Waals surface area contributed by atoms with Gasteiger partial charge < -0.3 is 15.0 Å². The van der Waals surface area contributed by atoms with Crippen LogP contribution in [-0.4, -0.2) is 31.9 Å². The fraction of sp³-hybridized carbons (Fsp3) is 0.765. The third kappa shape index (κ3) is 3.43. The summed E-state index contributed by atoms with van der Waals surface area (Å²) in [6, 6.07) is 0.259. The first-order valence-electron chi connectivity index (χ1n) is 8.58. The zero-order chi connectivity index (χ0) is 16.6. The summed E-state index contributed by atoms with van der Waals surface area (Å²) in [5.41, 5.74) is 0.760. The minimum absolute atomic E-state index is 0.0358. The van der Waals surface area contributed by atoms with Crippen molar-refractivity contribution in [2.45, 2.75) is 62.6 Å². The van der Waals surface area contributed by atoms with Gasteiger partial charge >= 0.3 is 0 Å². The topological polar surface area (TPSA) is 67.2 Å². The van der Waals surface area contributed by atoms with Crippen LogP contribution < -0.4 is 5.32 Å². The average Bonchev–Trinajstić information content (AvgIpc) is 3.23. The number of nitrogens with zero attached hydrogens (tertiary/aromatic N) is 2. The van der Waals surface area contributed by atoms with E-state index in [1.807, 2.05) is 18.5 Å². The number of thioether (sulfide) groups is 1. The van der Waals surface area contributed by atoms with Crippen LogP contribution in [0.1, 0.15) is 45.2 Å². The second-order valence-electron chi connectivity index (χ2n) is 7.15. The van der Waals surface area contributed by atoms with Crippen LogP contribution in [-0.2, 0) is 18.4 Å². The van der Waals surface area contributed by atoms with E-state index in [0.717, 1.165) is 22.7 Å². The Balaban J connectivity index is 1.54. The van der Waals surface area contributed by atoms with Crippen LogP contribution in [0.15, 0.2) is 11.4 Å². The van der Waals surface area contributed by atoms with E-state index < -0.39 is 0 Å². The Morgan fingerprint density at radius 1 is 1.48 bits per heavy atom. The van der Waals surface area contributed by atoms with Crippen molar-refractivity contribution in [2.75, 3.05) is 0 Å². The summed E-state index contributed by atoms with van der Waals surface area (Å²) >= 11 is 1.44. The maximum Gasteiger partial charge on any atom is 0.233 e. The summed E-state index contributed by atoms with van der Waals surface area (Å²) in [7, 11) is 1.86. The molecular weight excluding hydrogens is 310 g/mol. The largest absolute Gasteiger partial charge is 0.390 e. The lowest BCUT2D eigenvalue weighted by Gasteiger charge is -2.29.